The van der Waals surface area contributed by atoms with E-state index >= 15 is 0 Å². The fourth-order valence-electron chi connectivity index (χ4n) is 4.03. The Kier molecular flexibility index (Phi) is 6.90. The van der Waals surface area contributed by atoms with Crippen LogP contribution >= 0.6 is 39.1 Å². The first-order chi connectivity index (χ1) is 16.1. The van der Waals surface area contributed by atoms with E-state index in [9.17, 15) is 13.2 Å². The summed E-state index contributed by atoms with van der Waals surface area (Å²) in [6.07, 6.45) is -4.29. The maximum absolute atomic E-state index is 13.8. The largest absolute Gasteiger partial charge is 0.473 e. The normalized spacial score (nSPS) is 15.8. The molecule has 11 heteroatoms. The minimum atomic E-state index is -4.50. The molecule has 5 nitrogen and oxygen atoms in total. The van der Waals surface area contributed by atoms with Crippen LogP contribution in [0.1, 0.15) is 30.7 Å². The van der Waals surface area contributed by atoms with E-state index < -0.39 is 17.5 Å². The van der Waals surface area contributed by atoms with Crippen molar-refractivity contribution in [2.45, 2.75) is 39.0 Å². The van der Waals surface area contributed by atoms with Crippen LogP contribution < -0.4 is 5.84 Å². The summed E-state index contributed by atoms with van der Waals surface area (Å²) < 4.78 is 49.6. The van der Waals surface area contributed by atoms with Crippen molar-refractivity contribution in [2.75, 3.05) is 0 Å². The Bertz CT molecular complexity index is 1240. The summed E-state index contributed by atoms with van der Waals surface area (Å²) in [5.41, 5.74) is 0.364. The molecule has 2 aromatic carbocycles. The number of aromatic nitrogens is 2. The molecule has 1 heterocycles. The monoisotopic (exact) mass is 574 g/mol. The van der Waals surface area contributed by atoms with Crippen LogP contribution in [0.4, 0.5) is 13.2 Å². The van der Waals surface area contributed by atoms with Crippen molar-refractivity contribution in [2.24, 2.45) is 16.4 Å². The van der Waals surface area contributed by atoms with Gasteiger partial charge in [-0.3, -0.25) is 4.57 Å². The number of benzene rings is 2. The van der Waals surface area contributed by atoms with E-state index in [1.807, 2.05) is 35.8 Å². The van der Waals surface area contributed by atoms with Crippen LogP contribution in [-0.2, 0) is 11.3 Å². The maximum atomic E-state index is 13.8. The van der Waals surface area contributed by atoms with Gasteiger partial charge in [-0.15, -0.1) is 5.10 Å². The zero-order chi connectivity index (χ0) is 24.7. The second-order valence-corrected chi connectivity index (χ2v) is 9.82. The van der Waals surface area contributed by atoms with Crippen LogP contribution in [-0.4, -0.2) is 21.6 Å². The lowest BCUT2D eigenvalue weighted by Gasteiger charge is -2.42. The molecule has 0 amide bonds. The van der Waals surface area contributed by atoms with Gasteiger partial charge in [-0.25, -0.2) is 4.98 Å². The smallest absolute Gasteiger partial charge is 0.403 e. The van der Waals surface area contributed by atoms with Crippen LogP contribution in [0.2, 0.25) is 10.0 Å². The van der Waals surface area contributed by atoms with Crippen molar-refractivity contribution in [1.29, 1.82) is 0 Å². The second-order valence-electron chi connectivity index (χ2n) is 8.06. The average molecular weight is 576 g/mol. The molecular formula is C23H20BrCl2F3N4O. The van der Waals surface area contributed by atoms with Gasteiger partial charge in [0, 0.05) is 26.4 Å². The Morgan fingerprint density at radius 1 is 1.21 bits per heavy atom. The van der Waals surface area contributed by atoms with E-state index in [0.717, 1.165) is 10.2 Å². The summed E-state index contributed by atoms with van der Waals surface area (Å²) in [4.78, 5) is 4.69. The molecule has 1 aliphatic rings. The Morgan fingerprint density at radius 3 is 2.41 bits per heavy atom. The zero-order valence-corrected chi connectivity index (χ0v) is 21.1. The van der Waals surface area contributed by atoms with Gasteiger partial charge in [0.25, 0.3) is 0 Å². The topological polar surface area (TPSA) is 65.4 Å². The minimum absolute atomic E-state index is 0.107. The molecule has 0 bridgehead atoms. The molecule has 0 atom stereocenters. The number of hydrogen-bond acceptors (Lipinski definition) is 4. The van der Waals surface area contributed by atoms with Gasteiger partial charge in [0.1, 0.15) is 17.8 Å². The highest BCUT2D eigenvalue weighted by molar-refractivity contribution is 9.10. The third kappa shape index (κ3) is 4.41. The fraction of sp³-hybridized carbons (Fsp3) is 0.304. The third-order valence-corrected chi connectivity index (χ3v) is 7.16. The van der Waals surface area contributed by atoms with Gasteiger partial charge in [0.2, 0.25) is 5.90 Å². The van der Waals surface area contributed by atoms with E-state index in [4.69, 9.17) is 33.8 Å². The van der Waals surface area contributed by atoms with E-state index in [1.54, 1.807) is 18.2 Å². The van der Waals surface area contributed by atoms with E-state index in [2.05, 4.69) is 26.0 Å². The van der Waals surface area contributed by atoms with Crippen LogP contribution in [0.3, 0.4) is 0 Å². The predicted molar refractivity (Wildman–Crippen MR) is 130 cm³/mol. The van der Waals surface area contributed by atoms with Crippen molar-refractivity contribution in [3.05, 3.63) is 68.4 Å². The standard InChI is InChI=1S/C23H20BrCl2F3N4O/c1-13-19(12-34-21(32-30)22(9-2-10-22)23(27,28)29)31-20(17-8-5-15(25)11-18(17)26)33(13)16-6-3-14(24)4-7-16/h3-8,11H,2,9-10,12,30H2,1H3/b32-21-. The molecule has 180 valence electrons. The summed E-state index contributed by atoms with van der Waals surface area (Å²) in [7, 11) is 0. The Hall–Kier alpha value is -2.23. The molecule has 0 aliphatic heterocycles. The number of halogens is 6. The molecule has 34 heavy (non-hydrogen) atoms. The number of nitrogens with two attached hydrogens (primary N) is 1. The highest BCUT2D eigenvalue weighted by Gasteiger charge is 2.63. The maximum Gasteiger partial charge on any atom is 0.403 e. The Morgan fingerprint density at radius 2 is 1.88 bits per heavy atom. The molecule has 3 aromatic rings. The quantitative estimate of drug-likeness (QED) is 0.149. The molecule has 1 aromatic heterocycles. The molecule has 1 fully saturated rings. The van der Waals surface area contributed by atoms with Crippen LogP contribution in [0.15, 0.2) is 52.0 Å². The van der Waals surface area contributed by atoms with Gasteiger partial charge >= 0.3 is 6.18 Å². The number of imidazole rings is 1. The van der Waals surface area contributed by atoms with E-state index in [1.165, 1.54) is 0 Å². The Labute approximate surface area is 212 Å². The molecule has 2 N–H and O–H groups in total. The number of ether oxygens (including phenoxy) is 1. The van der Waals surface area contributed by atoms with Gasteiger partial charge in [0.05, 0.1) is 10.7 Å². The zero-order valence-electron chi connectivity index (χ0n) is 18.0. The first-order valence-electron chi connectivity index (χ1n) is 10.3. The van der Waals surface area contributed by atoms with E-state index in [0.29, 0.717) is 39.2 Å². The number of hydrazone groups is 1. The summed E-state index contributed by atoms with van der Waals surface area (Å²) in [5, 5.41) is 4.23. The first kappa shape index (κ1) is 24.9. The summed E-state index contributed by atoms with van der Waals surface area (Å²) >= 11 is 15.9. The molecule has 1 saturated carbocycles. The number of rotatable bonds is 5. The van der Waals surface area contributed by atoms with Crippen LogP contribution in [0, 0.1) is 12.3 Å². The minimum Gasteiger partial charge on any atom is -0.473 e. The van der Waals surface area contributed by atoms with Crippen molar-refractivity contribution in [1.82, 2.24) is 9.55 Å². The highest BCUT2D eigenvalue weighted by atomic mass is 79.9. The lowest BCUT2D eigenvalue weighted by atomic mass is 9.68. The van der Waals surface area contributed by atoms with Crippen LogP contribution in [0.5, 0.6) is 0 Å². The van der Waals surface area contributed by atoms with Crippen molar-refractivity contribution in [3.8, 4) is 17.1 Å². The van der Waals surface area contributed by atoms with E-state index in [-0.39, 0.29) is 19.4 Å². The molecular weight excluding hydrogens is 556 g/mol. The second kappa shape index (κ2) is 9.43. The number of hydrogen-bond donors (Lipinski definition) is 1. The van der Waals surface area contributed by atoms with Gasteiger partial charge in [-0.1, -0.05) is 45.6 Å². The summed E-state index contributed by atoms with van der Waals surface area (Å²) in [6.45, 7) is 1.57. The lowest BCUT2D eigenvalue weighted by molar-refractivity contribution is -0.226. The SMILES string of the molecule is Cc1c(CO/C(=N\N)C2(C(F)(F)F)CCC2)nc(-c2ccc(Cl)cc2Cl)n1-c1ccc(Br)cc1. The predicted octanol–water partition coefficient (Wildman–Crippen LogP) is 7.44. The van der Waals surface area contributed by atoms with Gasteiger partial charge < -0.3 is 10.6 Å². The molecule has 0 unspecified atom stereocenters. The van der Waals surface area contributed by atoms with Crippen molar-refractivity contribution < 1.29 is 17.9 Å². The summed E-state index contributed by atoms with van der Waals surface area (Å²) in [6, 6.07) is 12.6. The fourth-order valence-corrected chi connectivity index (χ4v) is 4.78. The first-order valence-corrected chi connectivity index (χ1v) is 11.9. The molecule has 0 spiro atoms. The molecule has 4 rings (SSSR count). The molecule has 1 aliphatic carbocycles. The third-order valence-electron chi connectivity index (χ3n) is 6.08. The Balaban J connectivity index is 1.75. The highest BCUT2D eigenvalue weighted by Crippen LogP contribution is 2.54. The van der Waals surface area contributed by atoms with Gasteiger partial charge in [0.15, 0.2) is 0 Å². The van der Waals surface area contributed by atoms with Crippen molar-refractivity contribution >= 4 is 45.0 Å². The summed E-state index contributed by atoms with van der Waals surface area (Å²) in [5.74, 6) is 5.32. The van der Waals surface area contributed by atoms with Crippen LogP contribution in [0.25, 0.3) is 17.1 Å². The lowest BCUT2D eigenvalue weighted by Crippen LogP contribution is -2.51. The van der Waals surface area contributed by atoms with Crippen molar-refractivity contribution in [3.63, 3.8) is 0 Å². The molecule has 0 radical (unpaired) electrons. The average Bonchev–Trinajstić information content (AvgIpc) is 3.05. The molecule has 0 saturated heterocycles. The van der Waals surface area contributed by atoms with Gasteiger partial charge in [-0.2, -0.15) is 13.2 Å². The number of nitrogens with zero attached hydrogens (tertiary/aromatic N) is 3. The number of alkyl halides is 3. The van der Waals surface area contributed by atoms with Gasteiger partial charge in [-0.05, 0) is 62.2 Å².